The van der Waals surface area contributed by atoms with Crippen LogP contribution in [0.1, 0.15) is 12.8 Å². The summed E-state index contributed by atoms with van der Waals surface area (Å²) in [6, 6.07) is 0. The van der Waals surface area contributed by atoms with Gasteiger partial charge in [-0.25, -0.2) is 9.99 Å². The third-order valence-electron chi connectivity index (χ3n) is 2.20. The van der Waals surface area contributed by atoms with Crippen LogP contribution >= 0.6 is 0 Å². The van der Waals surface area contributed by atoms with E-state index in [-0.39, 0.29) is 11.8 Å². The van der Waals surface area contributed by atoms with Crippen molar-refractivity contribution in [3.05, 3.63) is 12.4 Å². The van der Waals surface area contributed by atoms with Gasteiger partial charge in [-0.15, -0.1) is 0 Å². The second kappa shape index (κ2) is 4.13. The maximum atomic E-state index is 11.7. The molecule has 0 atom stereocenters. The third-order valence-corrected chi connectivity index (χ3v) is 2.20. The molecule has 84 valence electrons. The summed E-state index contributed by atoms with van der Waals surface area (Å²) in [5.41, 5.74) is 0.332. The minimum Gasteiger partial charge on any atom is -0.331 e. The Morgan fingerprint density at radius 3 is 3.00 bits per heavy atom. The molecule has 0 fully saturated rings. The van der Waals surface area contributed by atoms with Gasteiger partial charge >= 0.3 is 0 Å². The highest BCUT2D eigenvalue weighted by atomic mass is 16.2. The Balaban J connectivity index is 2.05. The number of imidazole rings is 1. The van der Waals surface area contributed by atoms with Gasteiger partial charge in [-0.05, 0) is 0 Å². The van der Waals surface area contributed by atoms with E-state index < -0.39 is 0 Å². The van der Waals surface area contributed by atoms with Gasteiger partial charge in [0.1, 0.15) is 5.71 Å². The molecule has 0 aromatic carbocycles. The first kappa shape index (κ1) is 10.3. The van der Waals surface area contributed by atoms with Crippen molar-refractivity contribution in [3.8, 4) is 0 Å². The molecular weight excluding hydrogens is 210 g/mol. The fraction of sp³-hybridized carbons (Fsp3) is 0.333. The lowest BCUT2D eigenvalue weighted by Crippen LogP contribution is -2.34. The molecule has 0 radical (unpaired) electrons. The quantitative estimate of drug-likeness (QED) is 0.733. The lowest BCUT2D eigenvalue weighted by Gasteiger charge is -2.18. The predicted octanol–water partition coefficient (Wildman–Crippen LogP) is -0.0436. The van der Waals surface area contributed by atoms with Crippen LogP contribution in [-0.4, -0.2) is 39.6 Å². The zero-order chi connectivity index (χ0) is 11.5. The number of anilines is 1. The fourth-order valence-electron chi connectivity index (χ4n) is 1.35. The molecule has 1 aliphatic rings. The number of nitrogens with one attached hydrogen (secondary N) is 2. The van der Waals surface area contributed by atoms with Crippen molar-refractivity contribution in [1.29, 1.82) is 0 Å². The van der Waals surface area contributed by atoms with E-state index in [1.807, 2.05) is 0 Å². The molecule has 0 bridgehead atoms. The number of rotatable bonds is 2. The van der Waals surface area contributed by atoms with Crippen molar-refractivity contribution in [3.63, 3.8) is 0 Å². The Bertz CT molecular complexity index is 437. The van der Waals surface area contributed by atoms with Crippen molar-refractivity contribution < 1.29 is 9.59 Å². The van der Waals surface area contributed by atoms with Crippen molar-refractivity contribution in [2.75, 3.05) is 12.4 Å². The second-order valence-corrected chi connectivity index (χ2v) is 3.36. The average Bonchev–Trinajstić information content (AvgIpc) is 2.74. The molecule has 2 amide bonds. The van der Waals surface area contributed by atoms with E-state index in [4.69, 9.17) is 0 Å². The van der Waals surface area contributed by atoms with Crippen LogP contribution in [0, 0.1) is 0 Å². The Morgan fingerprint density at radius 2 is 2.38 bits per heavy atom. The molecule has 16 heavy (non-hydrogen) atoms. The van der Waals surface area contributed by atoms with E-state index in [9.17, 15) is 9.59 Å². The van der Waals surface area contributed by atoms with Crippen molar-refractivity contribution in [2.45, 2.75) is 12.8 Å². The smallest absolute Gasteiger partial charge is 0.274 e. The second-order valence-electron chi connectivity index (χ2n) is 3.36. The van der Waals surface area contributed by atoms with Crippen LogP contribution < -0.4 is 5.32 Å². The molecular formula is C9H11N5O2. The maximum Gasteiger partial charge on any atom is 0.274 e. The van der Waals surface area contributed by atoms with Crippen LogP contribution in [0.25, 0.3) is 0 Å². The van der Waals surface area contributed by atoms with E-state index in [1.165, 1.54) is 18.3 Å². The third kappa shape index (κ3) is 2.08. The number of H-pyrrole nitrogens is 1. The molecule has 2 heterocycles. The normalized spacial score (nSPS) is 15.9. The molecule has 0 unspecified atom stereocenters. The number of amides is 2. The van der Waals surface area contributed by atoms with E-state index in [1.54, 1.807) is 6.20 Å². The number of hydrogen-bond donors (Lipinski definition) is 2. The summed E-state index contributed by atoms with van der Waals surface area (Å²) in [5.74, 6) is -0.0592. The highest BCUT2D eigenvalue weighted by Gasteiger charge is 2.22. The van der Waals surface area contributed by atoms with Gasteiger partial charge in [-0.2, -0.15) is 5.10 Å². The predicted molar refractivity (Wildman–Crippen MR) is 56.7 cm³/mol. The summed E-state index contributed by atoms with van der Waals surface area (Å²) < 4.78 is 0. The Kier molecular flexibility index (Phi) is 2.67. The van der Waals surface area contributed by atoms with E-state index in [0.29, 0.717) is 24.5 Å². The summed E-state index contributed by atoms with van der Waals surface area (Å²) in [5, 5.41) is 7.62. The lowest BCUT2D eigenvalue weighted by atomic mass is 10.1. The minimum atomic E-state index is -0.339. The summed E-state index contributed by atoms with van der Waals surface area (Å²) in [7, 11) is 1.53. The maximum absolute atomic E-state index is 11.7. The van der Waals surface area contributed by atoms with Gasteiger partial charge in [0, 0.05) is 32.3 Å². The SMILES string of the molecule is CN1N=C(C(=O)Nc2ncc[nH]2)CCC1=O. The number of carbonyl (C=O) groups is 2. The average molecular weight is 221 g/mol. The molecule has 1 aliphatic heterocycles. The molecule has 0 aliphatic carbocycles. The number of carbonyl (C=O) groups excluding carboxylic acids is 2. The number of aromatic nitrogens is 2. The van der Waals surface area contributed by atoms with Gasteiger partial charge < -0.3 is 4.98 Å². The molecule has 0 saturated heterocycles. The zero-order valence-corrected chi connectivity index (χ0v) is 8.73. The summed E-state index contributed by atoms with van der Waals surface area (Å²) in [4.78, 5) is 29.4. The molecule has 1 aromatic rings. The van der Waals surface area contributed by atoms with E-state index in [0.717, 1.165) is 0 Å². The standard InChI is InChI=1S/C9H11N5O2/c1-14-7(15)3-2-6(13-14)8(16)12-9-10-4-5-11-9/h4-5H,2-3H2,1H3,(H2,10,11,12,16). The van der Waals surface area contributed by atoms with Crippen LogP contribution in [0.15, 0.2) is 17.5 Å². The first-order chi connectivity index (χ1) is 7.66. The molecule has 0 spiro atoms. The molecule has 2 N–H and O–H groups in total. The molecule has 2 rings (SSSR count). The van der Waals surface area contributed by atoms with Crippen LogP contribution in [0.5, 0.6) is 0 Å². The monoisotopic (exact) mass is 221 g/mol. The van der Waals surface area contributed by atoms with Gasteiger partial charge in [-0.3, -0.25) is 14.9 Å². The summed E-state index contributed by atoms with van der Waals surface area (Å²) >= 11 is 0. The first-order valence-corrected chi connectivity index (χ1v) is 4.81. The van der Waals surface area contributed by atoms with Gasteiger partial charge in [0.25, 0.3) is 5.91 Å². The Labute approximate surface area is 91.5 Å². The Morgan fingerprint density at radius 1 is 1.56 bits per heavy atom. The molecule has 7 nitrogen and oxygen atoms in total. The highest BCUT2D eigenvalue weighted by Crippen LogP contribution is 2.08. The van der Waals surface area contributed by atoms with Crippen LogP contribution in [-0.2, 0) is 9.59 Å². The minimum absolute atomic E-state index is 0.0884. The summed E-state index contributed by atoms with van der Waals surface area (Å²) in [6.07, 6.45) is 3.80. The zero-order valence-electron chi connectivity index (χ0n) is 8.73. The van der Waals surface area contributed by atoms with Crippen LogP contribution in [0.2, 0.25) is 0 Å². The topological polar surface area (TPSA) is 90.4 Å². The van der Waals surface area contributed by atoms with Crippen molar-refractivity contribution in [2.24, 2.45) is 5.10 Å². The number of aromatic amines is 1. The van der Waals surface area contributed by atoms with Crippen LogP contribution in [0.4, 0.5) is 5.95 Å². The first-order valence-electron chi connectivity index (χ1n) is 4.81. The molecule has 0 saturated carbocycles. The van der Waals surface area contributed by atoms with E-state index >= 15 is 0 Å². The van der Waals surface area contributed by atoms with Crippen molar-refractivity contribution >= 4 is 23.5 Å². The Hall–Kier alpha value is -2.18. The molecule has 1 aromatic heterocycles. The number of hydrazone groups is 1. The lowest BCUT2D eigenvalue weighted by molar-refractivity contribution is -0.130. The summed E-state index contributed by atoms with van der Waals surface area (Å²) in [6.45, 7) is 0. The van der Waals surface area contributed by atoms with Gasteiger partial charge in [0.2, 0.25) is 11.9 Å². The largest absolute Gasteiger partial charge is 0.331 e. The van der Waals surface area contributed by atoms with Gasteiger partial charge in [0.15, 0.2) is 0 Å². The number of hydrogen-bond acceptors (Lipinski definition) is 4. The highest BCUT2D eigenvalue weighted by molar-refractivity contribution is 6.43. The van der Waals surface area contributed by atoms with E-state index in [2.05, 4.69) is 20.4 Å². The van der Waals surface area contributed by atoms with Crippen LogP contribution in [0.3, 0.4) is 0 Å². The fourth-order valence-corrected chi connectivity index (χ4v) is 1.35. The molecule has 7 heteroatoms. The number of nitrogens with zero attached hydrogens (tertiary/aromatic N) is 3. The van der Waals surface area contributed by atoms with Gasteiger partial charge in [0.05, 0.1) is 0 Å². The van der Waals surface area contributed by atoms with Crippen molar-refractivity contribution in [1.82, 2.24) is 15.0 Å². The van der Waals surface area contributed by atoms with Gasteiger partial charge in [-0.1, -0.05) is 0 Å².